The average Bonchev–Trinajstić information content (AvgIpc) is 2.56. The maximum Gasteiger partial charge on any atom is 0.197 e. The van der Waals surface area contributed by atoms with Crippen molar-refractivity contribution in [1.29, 1.82) is 0 Å². The number of ether oxygens (including phenoxy) is 4. The topological polar surface area (TPSA) is 36.9 Å². The molecule has 142 valence electrons. The molecule has 0 aliphatic carbocycles. The van der Waals surface area contributed by atoms with Crippen LogP contribution in [0, 0.1) is 11.8 Å². The molecule has 0 aliphatic heterocycles. The number of benzene rings is 1. The van der Waals surface area contributed by atoms with Gasteiger partial charge in [-0.05, 0) is 39.3 Å². The summed E-state index contributed by atoms with van der Waals surface area (Å²) in [5.74, 6) is 3.71. The van der Waals surface area contributed by atoms with Crippen LogP contribution in [0.1, 0.15) is 66.4 Å². The molecule has 0 aromatic heterocycles. The maximum atomic E-state index is 6.00. The number of methoxy groups -OCH3 is 1. The van der Waals surface area contributed by atoms with Crippen LogP contribution in [0.2, 0.25) is 0 Å². The Morgan fingerprint density at radius 1 is 0.960 bits per heavy atom. The molecule has 1 aromatic carbocycles. The van der Waals surface area contributed by atoms with Gasteiger partial charge in [0.15, 0.2) is 24.1 Å². The Bertz CT molecular complexity index is 501. The highest BCUT2D eigenvalue weighted by Gasteiger charge is 2.31. The van der Waals surface area contributed by atoms with Crippen molar-refractivity contribution in [2.24, 2.45) is 5.92 Å². The van der Waals surface area contributed by atoms with Gasteiger partial charge in [0.2, 0.25) is 0 Å². The molecule has 0 heterocycles. The van der Waals surface area contributed by atoms with Crippen LogP contribution < -0.4 is 9.47 Å². The molecule has 25 heavy (non-hydrogen) atoms. The van der Waals surface area contributed by atoms with E-state index in [1.165, 1.54) is 11.5 Å². The molecule has 0 saturated carbocycles. The van der Waals surface area contributed by atoms with Crippen LogP contribution in [0.4, 0.5) is 0 Å². The third-order valence-corrected chi connectivity index (χ3v) is 4.48. The molecular formula is C21H35O4+. The van der Waals surface area contributed by atoms with Crippen LogP contribution in [0.15, 0.2) is 18.2 Å². The molecule has 0 spiro atoms. The SMILES string of the molecule is CCOC(C)Oc1cc(C([C+](C)C)C(C)CC)ccc1OC(C)OC. The Labute approximate surface area is 153 Å². The predicted octanol–water partition coefficient (Wildman–Crippen LogP) is 5.56. The third-order valence-electron chi connectivity index (χ3n) is 4.48. The lowest BCUT2D eigenvalue weighted by molar-refractivity contribution is -0.0696. The van der Waals surface area contributed by atoms with Gasteiger partial charge in [0.1, 0.15) is 5.92 Å². The van der Waals surface area contributed by atoms with E-state index in [4.69, 9.17) is 18.9 Å². The highest BCUT2D eigenvalue weighted by Crippen LogP contribution is 2.39. The summed E-state index contributed by atoms with van der Waals surface area (Å²) in [5, 5.41) is 0. The van der Waals surface area contributed by atoms with Crippen LogP contribution in [0.25, 0.3) is 0 Å². The third kappa shape index (κ3) is 6.44. The van der Waals surface area contributed by atoms with Crippen molar-refractivity contribution in [2.45, 2.75) is 73.4 Å². The normalized spacial score (nSPS) is 16.0. The summed E-state index contributed by atoms with van der Waals surface area (Å²) < 4.78 is 22.6. The van der Waals surface area contributed by atoms with E-state index in [1.54, 1.807) is 7.11 Å². The molecule has 1 aromatic rings. The molecule has 1 rings (SSSR count). The van der Waals surface area contributed by atoms with Gasteiger partial charge in [-0.3, -0.25) is 0 Å². The largest absolute Gasteiger partial charge is 0.461 e. The fourth-order valence-corrected chi connectivity index (χ4v) is 3.05. The molecular weight excluding hydrogens is 316 g/mol. The predicted molar refractivity (Wildman–Crippen MR) is 102 cm³/mol. The van der Waals surface area contributed by atoms with Crippen molar-refractivity contribution in [1.82, 2.24) is 0 Å². The van der Waals surface area contributed by atoms with Gasteiger partial charge < -0.3 is 18.9 Å². The lowest BCUT2D eigenvalue weighted by Gasteiger charge is -2.23. The fraction of sp³-hybridized carbons (Fsp3) is 0.667. The van der Waals surface area contributed by atoms with Gasteiger partial charge in [-0.25, -0.2) is 0 Å². The summed E-state index contributed by atoms with van der Waals surface area (Å²) in [4.78, 5) is 0. The molecule has 0 N–H and O–H groups in total. The Hall–Kier alpha value is -1.39. The van der Waals surface area contributed by atoms with Crippen LogP contribution in [0.5, 0.6) is 11.5 Å². The van der Waals surface area contributed by atoms with Crippen molar-refractivity contribution in [2.75, 3.05) is 13.7 Å². The zero-order valence-electron chi connectivity index (χ0n) is 17.1. The molecule has 4 unspecified atom stereocenters. The van der Waals surface area contributed by atoms with Gasteiger partial charge in [-0.2, -0.15) is 0 Å². The molecule has 4 atom stereocenters. The highest BCUT2D eigenvalue weighted by atomic mass is 16.7. The van der Waals surface area contributed by atoms with E-state index in [9.17, 15) is 0 Å². The Morgan fingerprint density at radius 2 is 1.60 bits per heavy atom. The van der Waals surface area contributed by atoms with E-state index < -0.39 is 0 Å². The summed E-state index contributed by atoms with van der Waals surface area (Å²) in [7, 11) is 1.62. The van der Waals surface area contributed by atoms with E-state index in [0.717, 1.165) is 6.42 Å². The average molecular weight is 352 g/mol. The Morgan fingerprint density at radius 3 is 2.12 bits per heavy atom. The fourth-order valence-electron chi connectivity index (χ4n) is 3.05. The minimum Gasteiger partial charge on any atom is -0.461 e. The molecule has 0 bridgehead atoms. The second kappa shape index (κ2) is 10.6. The molecule has 0 fully saturated rings. The molecule has 4 heteroatoms. The standard InChI is InChI=1S/C21H35O4/c1-9-15(5)21(14(3)4)18-11-12-19(24-16(6)22-8)20(13-18)25-17(7)23-10-2/h11-13,15-17,21H,9-10H2,1-8H3/q+1. The first-order chi connectivity index (χ1) is 11.8. The molecule has 0 aliphatic rings. The number of rotatable bonds is 11. The van der Waals surface area contributed by atoms with Crippen molar-refractivity contribution in [3.05, 3.63) is 29.7 Å². The van der Waals surface area contributed by atoms with Crippen molar-refractivity contribution < 1.29 is 18.9 Å². The second-order valence-corrected chi connectivity index (χ2v) is 6.71. The minimum absolute atomic E-state index is 0.339. The van der Waals surface area contributed by atoms with E-state index in [0.29, 0.717) is 29.9 Å². The van der Waals surface area contributed by atoms with Crippen LogP contribution in [-0.4, -0.2) is 26.3 Å². The van der Waals surface area contributed by atoms with Gasteiger partial charge in [0, 0.05) is 25.2 Å². The Balaban J connectivity index is 3.20. The van der Waals surface area contributed by atoms with Gasteiger partial charge in [0.25, 0.3) is 0 Å². The molecule has 4 nitrogen and oxygen atoms in total. The lowest BCUT2D eigenvalue weighted by atomic mass is 9.78. The van der Waals surface area contributed by atoms with Crippen molar-refractivity contribution in [3.8, 4) is 11.5 Å². The zero-order valence-corrected chi connectivity index (χ0v) is 17.1. The molecule has 0 radical (unpaired) electrons. The van der Waals surface area contributed by atoms with Gasteiger partial charge >= 0.3 is 0 Å². The smallest absolute Gasteiger partial charge is 0.197 e. The first kappa shape index (κ1) is 21.7. The van der Waals surface area contributed by atoms with Crippen LogP contribution in [0.3, 0.4) is 0 Å². The van der Waals surface area contributed by atoms with E-state index in [1.807, 2.05) is 26.8 Å². The maximum absolute atomic E-state index is 6.00. The number of hydrogen-bond acceptors (Lipinski definition) is 4. The van der Waals surface area contributed by atoms with E-state index in [2.05, 4.69) is 39.8 Å². The van der Waals surface area contributed by atoms with Crippen LogP contribution >= 0.6 is 0 Å². The summed E-state index contributed by atoms with van der Waals surface area (Å²) in [6, 6.07) is 6.17. The lowest BCUT2D eigenvalue weighted by Crippen LogP contribution is -2.19. The van der Waals surface area contributed by atoms with E-state index >= 15 is 0 Å². The minimum atomic E-state index is -0.347. The summed E-state index contributed by atoms with van der Waals surface area (Å²) in [5.41, 5.74) is 1.24. The second-order valence-electron chi connectivity index (χ2n) is 6.71. The highest BCUT2D eigenvalue weighted by molar-refractivity contribution is 5.45. The van der Waals surface area contributed by atoms with Gasteiger partial charge in [-0.15, -0.1) is 0 Å². The summed E-state index contributed by atoms with van der Waals surface area (Å²) >= 11 is 0. The first-order valence-corrected chi connectivity index (χ1v) is 9.25. The number of hydrogen-bond donors (Lipinski definition) is 0. The monoisotopic (exact) mass is 351 g/mol. The molecule has 0 saturated heterocycles. The Kier molecular flexibility index (Phi) is 9.15. The van der Waals surface area contributed by atoms with Crippen LogP contribution in [-0.2, 0) is 9.47 Å². The summed E-state index contributed by atoms with van der Waals surface area (Å²) in [6.07, 6.45) is 0.440. The van der Waals surface area contributed by atoms with Gasteiger partial charge in [-0.1, -0.05) is 19.9 Å². The van der Waals surface area contributed by atoms with E-state index in [-0.39, 0.29) is 12.6 Å². The molecule has 0 amide bonds. The first-order valence-electron chi connectivity index (χ1n) is 9.25. The summed E-state index contributed by atoms with van der Waals surface area (Å²) in [6.45, 7) is 15.2. The zero-order chi connectivity index (χ0) is 19.0. The van der Waals surface area contributed by atoms with Gasteiger partial charge in [0.05, 0.1) is 19.8 Å². The van der Waals surface area contributed by atoms with Crippen molar-refractivity contribution in [3.63, 3.8) is 0 Å². The van der Waals surface area contributed by atoms with Crippen molar-refractivity contribution >= 4 is 0 Å². The quantitative estimate of drug-likeness (QED) is 0.386.